The van der Waals surface area contributed by atoms with Crippen LogP contribution in [0, 0.1) is 20.8 Å². The maximum atomic E-state index is 13.1. The number of rotatable bonds is 3. The fraction of sp³-hybridized carbons (Fsp3) is 0.588. The van der Waals surface area contributed by atoms with Crippen molar-refractivity contribution < 1.29 is 9.32 Å². The molecule has 0 N–H and O–H groups in total. The van der Waals surface area contributed by atoms with E-state index in [1.54, 1.807) is 0 Å². The summed E-state index contributed by atoms with van der Waals surface area (Å²) in [6.07, 6.45) is 1.97. The van der Waals surface area contributed by atoms with Crippen molar-refractivity contribution in [2.24, 2.45) is 0 Å². The number of hydrogen-bond donors (Lipinski definition) is 0. The maximum Gasteiger partial charge on any atom is 0.266 e. The lowest BCUT2D eigenvalue weighted by Gasteiger charge is -2.24. The van der Waals surface area contributed by atoms with Gasteiger partial charge in [0.15, 0.2) is 0 Å². The first-order valence-corrected chi connectivity index (χ1v) is 8.92. The molecule has 0 aliphatic carbocycles. The average molecular weight is 333 g/mol. The van der Waals surface area contributed by atoms with Crippen molar-refractivity contribution in [2.45, 2.75) is 59.4 Å². The smallest absolute Gasteiger partial charge is 0.266 e. The van der Waals surface area contributed by atoms with Crippen LogP contribution in [0.3, 0.4) is 0 Å². The van der Waals surface area contributed by atoms with Crippen molar-refractivity contribution in [2.75, 3.05) is 6.54 Å². The van der Waals surface area contributed by atoms with Gasteiger partial charge in [0.1, 0.15) is 10.6 Å². The molecular formula is C17H23N3O2S. The van der Waals surface area contributed by atoms with E-state index in [4.69, 9.17) is 4.52 Å². The molecule has 0 aromatic carbocycles. The molecule has 1 aliphatic heterocycles. The van der Waals surface area contributed by atoms with E-state index in [0.29, 0.717) is 5.92 Å². The van der Waals surface area contributed by atoms with E-state index >= 15 is 0 Å². The highest BCUT2D eigenvalue weighted by Crippen LogP contribution is 2.37. The number of carbonyl (C=O) groups excluding carboxylic acids is 1. The van der Waals surface area contributed by atoms with Crippen LogP contribution < -0.4 is 0 Å². The van der Waals surface area contributed by atoms with Crippen molar-refractivity contribution in [1.82, 2.24) is 15.0 Å². The zero-order valence-corrected chi connectivity index (χ0v) is 15.2. The first kappa shape index (κ1) is 16.2. The van der Waals surface area contributed by atoms with Crippen LogP contribution in [0.15, 0.2) is 4.52 Å². The molecule has 1 atom stereocenters. The average Bonchev–Trinajstić information content (AvgIpc) is 3.18. The molecule has 1 fully saturated rings. The van der Waals surface area contributed by atoms with Gasteiger partial charge in [0.2, 0.25) is 0 Å². The molecule has 1 unspecified atom stereocenters. The van der Waals surface area contributed by atoms with Crippen molar-refractivity contribution in [1.29, 1.82) is 0 Å². The molecule has 1 saturated heterocycles. The van der Waals surface area contributed by atoms with Gasteiger partial charge in [-0.2, -0.15) is 0 Å². The summed E-state index contributed by atoms with van der Waals surface area (Å²) in [5.41, 5.74) is 2.80. The van der Waals surface area contributed by atoms with E-state index in [0.717, 1.165) is 52.0 Å². The van der Waals surface area contributed by atoms with Gasteiger partial charge in [-0.1, -0.05) is 19.0 Å². The third-order valence-electron chi connectivity index (χ3n) is 4.44. The van der Waals surface area contributed by atoms with Crippen molar-refractivity contribution in [3.8, 4) is 0 Å². The number of thiazole rings is 1. The lowest BCUT2D eigenvalue weighted by atomic mass is 10.0. The van der Waals surface area contributed by atoms with Gasteiger partial charge in [0.05, 0.1) is 22.4 Å². The normalized spacial score (nSPS) is 18.2. The molecule has 0 radical (unpaired) electrons. The predicted molar refractivity (Wildman–Crippen MR) is 89.9 cm³/mol. The predicted octanol–water partition coefficient (Wildman–Crippen LogP) is 4.16. The Labute approximate surface area is 140 Å². The Morgan fingerprint density at radius 1 is 1.30 bits per heavy atom. The molecule has 2 aromatic heterocycles. The van der Waals surface area contributed by atoms with Crippen LogP contribution in [0.4, 0.5) is 0 Å². The Hall–Kier alpha value is -1.69. The minimum absolute atomic E-state index is 0.0674. The summed E-state index contributed by atoms with van der Waals surface area (Å²) < 4.78 is 5.30. The van der Waals surface area contributed by atoms with Gasteiger partial charge >= 0.3 is 0 Å². The van der Waals surface area contributed by atoms with Gasteiger partial charge in [-0.05, 0) is 33.6 Å². The standard InChI is InChI=1S/C17H23N3O2S/c1-9(2)16-18-11(4)15(23-16)17(21)20-8-6-7-13(20)14-10(3)19-22-12(14)5/h9,13H,6-8H2,1-5H3. The second kappa shape index (κ2) is 6.07. The van der Waals surface area contributed by atoms with Crippen molar-refractivity contribution in [3.63, 3.8) is 0 Å². The summed E-state index contributed by atoms with van der Waals surface area (Å²) in [6, 6.07) is 0.0674. The Bertz CT molecular complexity index is 713. The second-order valence-electron chi connectivity index (χ2n) is 6.52. The molecule has 3 heterocycles. The fourth-order valence-corrected chi connectivity index (χ4v) is 4.29. The highest BCUT2D eigenvalue weighted by atomic mass is 32.1. The van der Waals surface area contributed by atoms with Crippen LogP contribution >= 0.6 is 11.3 Å². The molecule has 0 saturated carbocycles. The highest BCUT2D eigenvalue weighted by Gasteiger charge is 2.35. The zero-order chi connectivity index (χ0) is 16.7. The van der Waals surface area contributed by atoms with E-state index in [1.807, 2.05) is 25.7 Å². The van der Waals surface area contributed by atoms with E-state index < -0.39 is 0 Å². The summed E-state index contributed by atoms with van der Waals surface area (Å²) >= 11 is 1.53. The van der Waals surface area contributed by atoms with Gasteiger partial charge < -0.3 is 9.42 Å². The van der Waals surface area contributed by atoms with E-state index in [1.165, 1.54) is 11.3 Å². The molecule has 1 aliphatic rings. The number of hydrogen-bond acceptors (Lipinski definition) is 5. The number of carbonyl (C=O) groups is 1. The minimum atomic E-state index is 0.0674. The summed E-state index contributed by atoms with van der Waals surface area (Å²) in [5.74, 6) is 1.25. The summed E-state index contributed by atoms with van der Waals surface area (Å²) in [5, 5.41) is 5.08. The lowest BCUT2D eigenvalue weighted by Crippen LogP contribution is -2.30. The van der Waals surface area contributed by atoms with Crippen LogP contribution in [-0.4, -0.2) is 27.5 Å². The number of nitrogens with zero attached hydrogens (tertiary/aromatic N) is 3. The number of aryl methyl sites for hydroxylation is 3. The van der Waals surface area contributed by atoms with Gasteiger partial charge in [-0.15, -0.1) is 11.3 Å². The third kappa shape index (κ3) is 2.80. The Morgan fingerprint density at radius 2 is 2.04 bits per heavy atom. The number of aromatic nitrogens is 2. The highest BCUT2D eigenvalue weighted by molar-refractivity contribution is 7.13. The Morgan fingerprint density at radius 3 is 2.61 bits per heavy atom. The number of likely N-dealkylation sites (tertiary alicyclic amines) is 1. The van der Waals surface area contributed by atoms with Gasteiger partial charge in [-0.25, -0.2) is 4.98 Å². The summed E-state index contributed by atoms with van der Waals surface area (Å²) in [7, 11) is 0. The van der Waals surface area contributed by atoms with Crippen LogP contribution in [0.2, 0.25) is 0 Å². The minimum Gasteiger partial charge on any atom is -0.361 e. The SMILES string of the molecule is Cc1nc(C(C)C)sc1C(=O)N1CCCC1c1c(C)noc1C. The van der Waals surface area contributed by atoms with Crippen LogP contribution in [0.1, 0.15) is 76.0 Å². The molecule has 3 rings (SSSR count). The topological polar surface area (TPSA) is 59.2 Å². The first-order valence-electron chi connectivity index (χ1n) is 8.11. The summed E-state index contributed by atoms with van der Waals surface area (Å²) in [4.78, 5) is 20.4. The van der Waals surface area contributed by atoms with Crippen LogP contribution in [0.25, 0.3) is 0 Å². The van der Waals surface area contributed by atoms with Crippen LogP contribution in [0.5, 0.6) is 0 Å². The van der Waals surface area contributed by atoms with Crippen molar-refractivity contribution in [3.05, 3.63) is 32.6 Å². The van der Waals surface area contributed by atoms with E-state index in [-0.39, 0.29) is 11.9 Å². The molecule has 0 bridgehead atoms. The van der Waals surface area contributed by atoms with Crippen LogP contribution in [-0.2, 0) is 0 Å². The molecule has 23 heavy (non-hydrogen) atoms. The Balaban J connectivity index is 1.93. The van der Waals surface area contributed by atoms with Crippen molar-refractivity contribution >= 4 is 17.2 Å². The monoisotopic (exact) mass is 333 g/mol. The molecule has 124 valence electrons. The largest absolute Gasteiger partial charge is 0.361 e. The molecule has 1 amide bonds. The molecule has 5 nitrogen and oxygen atoms in total. The Kier molecular flexibility index (Phi) is 4.27. The summed E-state index contributed by atoms with van der Waals surface area (Å²) in [6.45, 7) is 10.8. The second-order valence-corrected chi connectivity index (χ2v) is 7.55. The fourth-order valence-electron chi connectivity index (χ4n) is 3.27. The maximum absolute atomic E-state index is 13.1. The first-order chi connectivity index (χ1) is 10.9. The third-order valence-corrected chi connectivity index (χ3v) is 5.88. The molecular weight excluding hydrogens is 310 g/mol. The lowest BCUT2D eigenvalue weighted by molar-refractivity contribution is 0.0738. The quantitative estimate of drug-likeness (QED) is 0.846. The zero-order valence-electron chi connectivity index (χ0n) is 14.3. The van der Waals surface area contributed by atoms with E-state index in [2.05, 4.69) is 24.0 Å². The molecule has 0 spiro atoms. The molecule has 2 aromatic rings. The molecule has 6 heteroatoms. The van der Waals surface area contributed by atoms with Gasteiger partial charge in [0, 0.05) is 18.0 Å². The van der Waals surface area contributed by atoms with E-state index in [9.17, 15) is 4.79 Å². The van der Waals surface area contributed by atoms with Gasteiger partial charge in [0.25, 0.3) is 5.91 Å². The number of amides is 1. The van der Waals surface area contributed by atoms with Gasteiger partial charge in [-0.3, -0.25) is 4.79 Å².